The number of likely N-dealkylation sites (tertiary alicyclic amines) is 1. The summed E-state index contributed by atoms with van der Waals surface area (Å²) < 4.78 is 2.14. The van der Waals surface area contributed by atoms with Crippen LogP contribution in [0.25, 0.3) is 11.0 Å². The third-order valence-electron chi connectivity index (χ3n) is 5.00. The van der Waals surface area contributed by atoms with E-state index in [1.807, 2.05) is 16.7 Å². The van der Waals surface area contributed by atoms with E-state index in [1.165, 1.54) is 4.90 Å². The van der Waals surface area contributed by atoms with E-state index in [9.17, 15) is 14.7 Å². The van der Waals surface area contributed by atoms with Crippen molar-refractivity contribution in [1.82, 2.24) is 19.4 Å². The molecule has 3 aromatic rings. The molecule has 1 aromatic carbocycles. The van der Waals surface area contributed by atoms with Crippen LogP contribution in [0.1, 0.15) is 30.0 Å². The summed E-state index contributed by atoms with van der Waals surface area (Å²) in [5.74, 6) is 0. The van der Waals surface area contributed by atoms with Gasteiger partial charge in [-0.2, -0.15) is 0 Å². The van der Waals surface area contributed by atoms with Crippen LogP contribution in [0.4, 0.5) is 4.79 Å². The van der Waals surface area contributed by atoms with Crippen LogP contribution in [0.5, 0.6) is 0 Å². The van der Waals surface area contributed by atoms with E-state index in [4.69, 9.17) is 23.8 Å². The first-order valence-electron chi connectivity index (χ1n) is 8.54. The van der Waals surface area contributed by atoms with Crippen LogP contribution in [0.15, 0.2) is 35.3 Å². The van der Waals surface area contributed by atoms with Gasteiger partial charge >= 0.3 is 6.09 Å². The molecule has 1 amide bonds. The summed E-state index contributed by atoms with van der Waals surface area (Å²) in [6.07, 6.45) is 2.31. The van der Waals surface area contributed by atoms with Crippen LogP contribution in [0, 0.1) is 4.77 Å². The maximum absolute atomic E-state index is 12.0. The summed E-state index contributed by atoms with van der Waals surface area (Å²) in [5.41, 5.74) is 2.68. The van der Waals surface area contributed by atoms with Crippen molar-refractivity contribution in [2.45, 2.75) is 25.4 Å². The molecule has 0 aliphatic carbocycles. The quantitative estimate of drug-likeness (QED) is 0.577. The highest BCUT2D eigenvalue weighted by Crippen LogP contribution is 2.35. The van der Waals surface area contributed by atoms with Crippen molar-refractivity contribution < 1.29 is 9.90 Å². The number of carboxylic acid groups (broad SMARTS) is 1. The van der Waals surface area contributed by atoms with Gasteiger partial charge in [-0.1, -0.05) is 17.7 Å². The Balaban J connectivity index is 1.83. The molecule has 1 atom stereocenters. The lowest BCUT2D eigenvalue weighted by atomic mass is 9.98. The molecule has 3 N–H and O–H groups in total. The molecule has 0 spiro atoms. The number of aromatic amines is 2. The molecular formula is C18H17ClN4O3S. The van der Waals surface area contributed by atoms with Gasteiger partial charge in [0.1, 0.15) is 5.52 Å². The molecule has 140 valence electrons. The molecule has 1 unspecified atom stereocenters. The summed E-state index contributed by atoms with van der Waals surface area (Å²) in [6, 6.07) is 7.06. The number of H-pyrrole nitrogens is 2. The SMILES string of the molecule is O=C(O)N1CCCC1c1cc(Cl)ccc1Cn1c(=S)[nH]c(=O)c2[nH]ccc21. The van der Waals surface area contributed by atoms with Gasteiger partial charge in [-0.3, -0.25) is 9.78 Å². The Morgan fingerprint density at radius 1 is 1.37 bits per heavy atom. The number of nitrogens with one attached hydrogen (secondary N) is 2. The van der Waals surface area contributed by atoms with E-state index < -0.39 is 6.09 Å². The minimum absolute atomic E-state index is 0.241. The molecule has 1 saturated heterocycles. The normalized spacial score (nSPS) is 16.9. The van der Waals surface area contributed by atoms with Gasteiger partial charge in [-0.05, 0) is 54.4 Å². The van der Waals surface area contributed by atoms with Crippen LogP contribution < -0.4 is 5.56 Å². The van der Waals surface area contributed by atoms with Gasteiger partial charge in [-0.25, -0.2) is 4.79 Å². The standard InChI is InChI=1S/C18H17ClN4O3S/c19-11-4-3-10(12(8-11)13-2-1-7-22(13)18(25)26)9-23-14-5-6-20-15(14)16(24)21-17(23)27/h3-6,8,13,20H,1-2,7,9H2,(H,25,26)(H,21,24,27). The van der Waals surface area contributed by atoms with Gasteiger partial charge < -0.3 is 19.6 Å². The molecule has 7 nitrogen and oxygen atoms in total. The van der Waals surface area contributed by atoms with Crippen molar-refractivity contribution in [2.75, 3.05) is 6.54 Å². The smallest absolute Gasteiger partial charge is 0.407 e. The summed E-state index contributed by atoms with van der Waals surface area (Å²) in [5, 5.41) is 10.1. The predicted molar refractivity (Wildman–Crippen MR) is 105 cm³/mol. The highest BCUT2D eigenvalue weighted by atomic mass is 35.5. The Morgan fingerprint density at radius 3 is 2.96 bits per heavy atom. The number of nitrogens with zero attached hydrogens (tertiary/aromatic N) is 2. The lowest BCUT2D eigenvalue weighted by Crippen LogP contribution is -2.29. The number of halogens is 1. The van der Waals surface area contributed by atoms with Crippen molar-refractivity contribution in [3.63, 3.8) is 0 Å². The maximum atomic E-state index is 12.0. The van der Waals surface area contributed by atoms with Crippen LogP contribution in [0.3, 0.4) is 0 Å². The number of hydrogen-bond acceptors (Lipinski definition) is 3. The largest absolute Gasteiger partial charge is 0.465 e. The summed E-state index contributed by atoms with van der Waals surface area (Å²) in [4.78, 5) is 30.7. The molecular weight excluding hydrogens is 388 g/mol. The third kappa shape index (κ3) is 3.15. The van der Waals surface area contributed by atoms with Crippen LogP contribution in [-0.2, 0) is 6.54 Å². The average Bonchev–Trinajstić information content (AvgIpc) is 3.29. The van der Waals surface area contributed by atoms with Gasteiger partial charge in [0.25, 0.3) is 5.56 Å². The second-order valence-electron chi connectivity index (χ2n) is 6.56. The Kier molecular flexibility index (Phi) is 4.53. The summed E-state index contributed by atoms with van der Waals surface area (Å²) >= 11 is 11.6. The molecule has 2 aromatic heterocycles. The van der Waals surface area contributed by atoms with Crippen LogP contribution in [0.2, 0.25) is 5.02 Å². The van der Waals surface area contributed by atoms with E-state index in [1.54, 1.807) is 18.3 Å². The van der Waals surface area contributed by atoms with E-state index in [0.717, 1.165) is 24.0 Å². The molecule has 9 heteroatoms. The maximum Gasteiger partial charge on any atom is 0.407 e. The number of benzene rings is 1. The fourth-order valence-corrected chi connectivity index (χ4v) is 4.21. The zero-order valence-corrected chi connectivity index (χ0v) is 15.8. The molecule has 0 radical (unpaired) electrons. The van der Waals surface area contributed by atoms with Gasteiger partial charge in [-0.15, -0.1) is 0 Å². The molecule has 0 bridgehead atoms. The van der Waals surface area contributed by atoms with Crippen LogP contribution >= 0.6 is 23.8 Å². The van der Waals surface area contributed by atoms with E-state index in [2.05, 4.69) is 9.97 Å². The Hall–Kier alpha value is -2.58. The van der Waals surface area contributed by atoms with Crippen molar-refractivity contribution in [2.24, 2.45) is 0 Å². The molecule has 1 aliphatic rings. The second-order valence-corrected chi connectivity index (χ2v) is 7.38. The molecule has 1 aliphatic heterocycles. The van der Waals surface area contributed by atoms with E-state index in [0.29, 0.717) is 33.9 Å². The fraction of sp³-hybridized carbons (Fsp3) is 0.278. The van der Waals surface area contributed by atoms with E-state index in [-0.39, 0.29) is 11.6 Å². The number of amides is 1. The van der Waals surface area contributed by atoms with Crippen molar-refractivity contribution in [3.8, 4) is 0 Å². The minimum atomic E-state index is -0.933. The zero-order valence-electron chi connectivity index (χ0n) is 14.2. The zero-order chi connectivity index (χ0) is 19.1. The Bertz CT molecular complexity index is 1150. The van der Waals surface area contributed by atoms with Crippen molar-refractivity contribution in [3.05, 3.63) is 61.7 Å². The summed E-state index contributed by atoms with van der Waals surface area (Å²) in [7, 11) is 0. The van der Waals surface area contributed by atoms with Gasteiger partial charge in [0, 0.05) is 17.8 Å². The fourth-order valence-electron chi connectivity index (χ4n) is 3.77. The van der Waals surface area contributed by atoms with Crippen molar-refractivity contribution >= 4 is 40.9 Å². The van der Waals surface area contributed by atoms with Gasteiger partial charge in [0.05, 0.1) is 18.1 Å². The first-order valence-corrected chi connectivity index (χ1v) is 9.32. The lowest BCUT2D eigenvalue weighted by Gasteiger charge is -2.25. The average molecular weight is 405 g/mol. The number of rotatable bonds is 3. The number of fused-ring (bicyclic) bond motifs is 1. The number of aromatic nitrogens is 3. The molecule has 27 heavy (non-hydrogen) atoms. The minimum Gasteiger partial charge on any atom is -0.465 e. The molecule has 4 rings (SSSR count). The first-order chi connectivity index (χ1) is 13.0. The van der Waals surface area contributed by atoms with Crippen molar-refractivity contribution in [1.29, 1.82) is 0 Å². The lowest BCUT2D eigenvalue weighted by molar-refractivity contribution is 0.140. The first kappa shape index (κ1) is 17.8. The topological polar surface area (TPSA) is 94.1 Å². The third-order valence-corrected chi connectivity index (χ3v) is 5.56. The number of carbonyl (C=O) groups is 1. The Labute approximate surface area is 164 Å². The van der Waals surface area contributed by atoms with Crippen LogP contribution in [-0.4, -0.2) is 37.2 Å². The monoisotopic (exact) mass is 404 g/mol. The summed E-state index contributed by atoms with van der Waals surface area (Å²) in [6.45, 7) is 0.909. The highest BCUT2D eigenvalue weighted by molar-refractivity contribution is 7.71. The molecule has 1 fully saturated rings. The molecule has 0 saturated carbocycles. The number of hydrogen-bond donors (Lipinski definition) is 3. The Morgan fingerprint density at radius 2 is 2.19 bits per heavy atom. The van der Waals surface area contributed by atoms with Gasteiger partial charge in [0.2, 0.25) is 0 Å². The second kappa shape index (κ2) is 6.86. The van der Waals surface area contributed by atoms with E-state index >= 15 is 0 Å². The van der Waals surface area contributed by atoms with Gasteiger partial charge in [0.15, 0.2) is 4.77 Å². The predicted octanol–water partition coefficient (Wildman–Crippen LogP) is 3.90. The molecule has 3 heterocycles. The highest BCUT2D eigenvalue weighted by Gasteiger charge is 2.31.